The Bertz CT molecular complexity index is 614. The summed E-state index contributed by atoms with van der Waals surface area (Å²) in [6, 6.07) is 3.71. The van der Waals surface area contributed by atoms with E-state index in [9.17, 15) is 0 Å². The van der Waals surface area contributed by atoms with Crippen LogP contribution in [0.25, 0.3) is 11.0 Å². The monoisotopic (exact) mass is 299 g/mol. The minimum atomic E-state index is -0.0298. The number of hydrogen-bond donors (Lipinski definition) is 3. The van der Waals surface area contributed by atoms with E-state index >= 15 is 0 Å². The zero-order chi connectivity index (χ0) is 13.5. The van der Waals surface area contributed by atoms with Gasteiger partial charge in [0.05, 0.1) is 21.7 Å². The molecule has 1 aromatic carbocycles. The van der Waals surface area contributed by atoms with Crippen molar-refractivity contribution < 1.29 is 0 Å². The lowest BCUT2D eigenvalue weighted by Crippen LogP contribution is -2.12. The van der Waals surface area contributed by atoms with Gasteiger partial charge in [0.1, 0.15) is 10.1 Å². The SMILES string of the molecule is CC(C)(C)c1nc2cc(NC(=S)S)c(Cl)cc2[nH]1. The molecule has 0 radical (unpaired) electrons. The van der Waals surface area contributed by atoms with Crippen LogP contribution in [0.1, 0.15) is 26.6 Å². The molecule has 0 spiro atoms. The lowest BCUT2D eigenvalue weighted by Gasteiger charge is -2.13. The molecule has 0 fully saturated rings. The van der Waals surface area contributed by atoms with E-state index < -0.39 is 0 Å². The van der Waals surface area contributed by atoms with Crippen LogP contribution in [0.5, 0.6) is 0 Å². The molecule has 2 rings (SSSR count). The Morgan fingerprint density at radius 3 is 2.67 bits per heavy atom. The summed E-state index contributed by atoms with van der Waals surface area (Å²) in [6.07, 6.45) is 0. The van der Waals surface area contributed by atoms with Crippen molar-refractivity contribution >= 4 is 57.5 Å². The third-order valence-corrected chi connectivity index (χ3v) is 3.05. The van der Waals surface area contributed by atoms with Gasteiger partial charge in [0.2, 0.25) is 0 Å². The van der Waals surface area contributed by atoms with E-state index in [-0.39, 0.29) is 5.41 Å². The Morgan fingerprint density at radius 2 is 2.11 bits per heavy atom. The van der Waals surface area contributed by atoms with E-state index in [1.807, 2.05) is 12.1 Å². The predicted molar refractivity (Wildman–Crippen MR) is 85.0 cm³/mol. The Balaban J connectivity index is 2.54. The molecule has 18 heavy (non-hydrogen) atoms. The molecular formula is C12H14ClN3S2. The second-order valence-electron chi connectivity index (χ2n) is 5.11. The van der Waals surface area contributed by atoms with E-state index in [4.69, 9.17) is 23.8 Å². The van der Waals surface area contributed by atoms with E-state index in [0.717, 1.165) is 22.5 Å². The molecule has 0 saturated carbocycles. The summed E-state index contributed by atoms with van der Waals surface area (Å²) < 4.78 is 0.378. The molecule has 0 aliphatic carbocycles. The number of nitrogens with zero attached hydrogens (tertiary/aromatic N) is 1. The number of imidazole rings is 1. The first-order valence-corrected chi connectivity index (χ1v) is 6.70. The average Bonchev–Trinajstić information content (AvgIpc) is 2.59. The highest BCUT2D eigenvalue weighted by atomic mass is 35.5. The van der Waals surface area contributed by atoms with Crippen molar-refractivity contribution in [1.82, 2.24) is 9.97 Å². The minimum absolute atomic E-state index is 0.0298. The molecule has 6 heteroatoms. The van der Waals surface area contributed by atoms with Crippen LogP contribution in [-0.2, 0) is 5.41 Å². The lowest BCUT2D eigenvalue weighted by molar-refractivity contribution is 0.554. The second kappa shape index (κ2) is 4.72. The molecule has 2 aromatic rings. The molecule has 0 amide bonds. The second-order valence-corrected chi connectivity index (χ2v) is 6.68. The standard InChI is InChI=1S/C12H14ClN3S2/c1-12(2,3)10-14-8-4-6(13)7(16-11(17)18)5-9(8)15-10/h4-5H,1-3H3,(H,14,15)(H2,16,17,18). The Hall–Kier alpha value is -0.780. The zero-order valence-corrected chi connectivity index (χ0v) is 12.8. The highest BCUT2D eigenvalue weighted by Gasteiger charge is 2.18. The van der Waals surface area contributed by atoms with Crippen molar-refractivity contribution in [1.29, 1.82) is 0 Å². The van der Waals surface area contributed by atoms with Crippen molar-refractivity contribution in [3.8, 4) is 0 Å². The van der Waals surface area contributed by atoms with E-state index in [0.29, 0.717) is 9.34 Å². The zero-order valence-electron chi connectivity index (χ0n) is 10.3. The Kier molecular flexibility index (Phi) is 3.58. The van der Waals surface area contributed by atoms with Gasteiger partial charge >= 0.3 is 0 Å². The molecule has 0 unspecified atom stereocenters. The van der Waals surface area contributed by atoms with Crippen LogP contribution >= 0.6 is 36.4 Å². The number of aromatic nitrogens is 2. The molecule has 1 heterocycles. The van der Waals surface area contributed by atoms with Gasteiger partial charge in [-0.3, -0.25) is 0 Å². The summed E-state index contributed by atoms with van der Waals surface area (Å²) in [5, 5.41) is 3.51. The number of nitrogens with one attached hydrogen (secondary N) is 2. The van der Waals surface area contributed by atoms with Gasteiger partial charge < -0.3 is 10.3 Å². The number of benzene rings is 1. The molecule has 3 nitrogen and oxygen atoms in total. The third kappa shape index (κ3) is 2.79. The van der Waals surface area contributed by atoms with Crippen LogP contribution in [-0.4, -0.2) is 14.3 Å². The first-order chi connectivity index (χ1) is 8.27. The maximum Gasteiger partial charge on any atom is 0.135 e. The van der Waals surface area contributed by atoms with Crippen molar-refractivity contribution in [2.45, 2.75) is 26.2 Å². The lowest BCUT2D eigenvalue weighted by atomic mass is 9.96. The van der Waals surface area contributed by atoms with E-state index in [2.05, 4.69) is 48.7 Å². The fraction of sp³-hybridized carbons (Fsp3) is 0.333. The number of fused-ring (bicyclic) bond motifs is 1. The first-order valence-electron chi connectivity index (χ1n) is 5.47. The quantitative estimate of drug-likeness (QED) is 0.547. The number of thiocarbonyl (C=S) groups is 1. The van der Waals surface area contributed by atoms with Gasteiger partial charge in [-0.05, 0) is 12.1 Å². The van der Waals surface area contributed by atoms with E-state index in [1.54, 1.807) is 0 Å². The highest BCUT2D eigenvalue weighted by Crippen LogP contribution is 2.29. The van der Waals surface area contributed by atoms with Gasteiger partial charge in [0, 0.05) is 5.41 Å². The number of anilines is 1. The van der Waals surface area contributed by atoms with Gasteiger partial charge in [-0.15, -0.1) is 12.6 Å². The van der Waals surface area contributed by atoms with Crippen molar-refractivity contribution in [3.05, 3.63) is 23.0 Å². The van der Waals surface area contributed by atoms with Crippen LogP contribution in [0.15, 0.2) is 12.1 Å². The molecular weight excluding hydrogens is 286 g/mol. The Morgan fingerprint density at radius 1 is 1.44 bits per heavy atom. The molecule has 0 aliphatic heterocycles. The smallest absolute Gasteiger partial charge is 0.135 e. The molecule has 0 saturated heterocycles. The summed E-state index contributed by atoms with van der Waals surface area (Å²) >= 11 is 15.1. The molecule has 0 bridgehead atoms. The topological polar surface area (TPSA) is 40.7 Å². The normalized spacial score (nSPS) is 11.8. The summed E-state index contributed by atoms with van der Waals surface area (Å²) in [4.78, 5) is 7.85. The average molecular weight is 300 g/mol. The van der Waals surface area contributed by atoms with Gasteiger partial charge in [-0.1, -0.05) is 44.6 Å². The number of halogens is 1. The third-order valence-electron chi connectivity index (χ3n) is 2.52. The fourth-order valence-corrected chi connectivity index (χ4v) is 2.04. The maximum atomic E-state index is 6.17. The number of rotatable bonds is 1. The van der Waals surface area contributed by atoms with Crippen LogP contribution in [0.3, 0.4) is 0 Å². The van der Waals surface area contributed by atoms with Gasteiger partial charge in [0.15, 0.2) is 0 Å². The Labute approximate surface area is 122 Å². The predicted octanol–water partition coefficient (Wildman–Crippen LogP) is 4.14. The van der Waals surface area contributed by atoms with Crippen LogP contribution in [0, 0.1) is 0 Å². The van der Waals surface area contributed by atoms with E-state index in [1.165, 1.54) is 0 Å². The molecule has 2 N–H and O–H groups in total. The summed E-state index contributed by atoms with van der Waals surface area (Å²) in [5.74, 6) is 0.930. The van der Waals surface area contributed by atoms with Gasteiger partial charge in [0.25, 0.3) is 0 Å². The summed E-state index contributed by atoms with van der Waals surface area (Å²) in [6.45, 7) is 6.32. The number of aromatic amines is 1. The minimum Gasteiger partial charge on any atom is -0.341 e. The largest absolute Gasteiger partial charge is 0.341 e. The van der Waals surface area contributed by atoms with Crippen molar-refractivity contribution in [2.24, 2.45) is 0 Å². The molecule has 96 valence electrons. The molecule has 0 aliphatic rings. The number of thiol groups is 1. The van der Waals surface area contributed by atoms with Crippen molar-refractivity contribution in [2.75, 3.05) is 5.32 Å². The number of H-pyrrole nitrogens is 1. The van der Waals surface area contributed by atoms with Crippen LogP contribution < -0.4 is 5.32 Å². The van der Waals surface area contributed by atoms with Gasteiger partial charge in [-0.2, -0.15) is 0 Å². The summed E-state index contributed by atoms with van der Waals surface area (Å²) in [5.41, 5.74) is 2.46. The maximum absolute atomic E-state index is 6.17. The van der Waals surface area contributed by atoms with Crippen LogP contribution in [0.4, 0.5) is 5.69 Å². The molecule has 1 aromatic heterocycles. The van der Waals surface area contributed by atoms with Crippen LogP contribution in [0.2, 0.25) is 5.02 Å². The molecule has 0 atom stereocenters. The van der Waals surface area contributed by atoms with Crippen molar-refractivity contribution in [3.63, 3.8) is 0 Å². The first kappa shape index (κ1) is 13.6. The van der Waals surface area contributed by atoms with Gasteiger partial charge in [-0.25, -0.2) is 4.98 Å². The number of hydrogen-bond acceptors (Lipinski definition) is 2. The fourth-order valence-electron chi connectivity index (χ4n) is 1.60. The highest BCUT2D eigenvalue weighted by molar-refractivity contribution is 8.11. The summed E-state index contributed by atoms with van der Waals surface area (Å²) in [7, 11) is 0.